The van der Waals surface area contributed by atoms with Crippen molar-refractivity contribution in [3.05, 3.63) is 35.0 Å². The molecule has 1 fully saturated rings. The fourth-order valence-corrected chi connectivity index (χ4v) is 5.33. The molecule has 0 bridgehead atoms. The second-order valence-electron chi connectivity index (χ2n) is 11.1. The number of aryl methyl sites for hydroxylation is 1. The zero-order chi connectivity index (χ0) is 22.9. The number of oxazole rings is 1. The van der Waals surface area contributed by atoms with Crippen molar-refractivity contribution in [3.8, 4) is 11.5 Å². The molecule has 1 aliphatic carbocycles. The number of aromatic nitrogens is 1. The highest BCUT2D eigenvalue weighted by Gasteiger charge is 2.37. The molecule has 0 atom stereocenters. The number of aliphatic hydroxyl groups excluding tert-OH is 1. The summed E-state index contributed by atoms with van der Waals surface area (Å²) in [5.41, 5.74) is 5.38. The monoisotopic (exact) mass is 439 g/mol. The molecule has 5 heteroatoms. The second kappa shape index (κ2) is 9.18. The van der Waals surface area contributed by atoms with Gasteiger partial charge in [0.2, 0.25) is 11.8 Å². The third-order valence-electron chi connectivity index (χ3n) is 7.66. The number of anilines is 1. The molecule has 0 amide bonds. The standard InChI is InChI=1S/C27H41N3O2/c1-20-25(30-16-14-29(15-17-30)13-7-6-8-18-31)32-24(28-20)21-9-10-22-23(19-21)27(4,5)12-11-26(22,2)3/h9-10,19,31H,6-8,11-18H2,1-5H3. The van der Waals surface area contributed by atoms with Crippen molar-refractivity contribution in [2.24, 2.45) is 0 Å². The summed E-state index contributed by atoms with van der Waals surface area (Å²) in [5.74, 6) is 1.67. The molecular formula is C27H41N3O2. The molecular weight excluding hydrogens is 398 g/mol. The van der Waals surface area contributed by atoms with E-state index in [0.717, 1.165) is 75.0 Å². The van der Waals surface area contributed by atoms with Crippen molar-refractivity contribution in [3.63, 3.8) is 0 Å². The van der Waals surface area contributed by atoms with Crippen LogP contribution in [0.3, 0.4) is 0 Å². The van der Waals surface area contributed by atoms with E-state index in [1.54, 1.807) is 0 Å². The molecule has 0 radical (unpaired) electrons. The van der Waals surface area contributed by atoms with Gasteiger partial charge in [-0.1, -0.05) is 33.8 Å². The number of fused-ring (bicyclic) bond motifs is 1. The molecule has 1 N–H and O–H groups in total. The lowest BCUT2D eigenvalue weighted by Gasteiger charge is -2.42. The van der Waals surface area contributed by atoms with Crippen LogP contribution in [0.15, 0.2) is 22.6 Å². The Hall–Kier alpha value is -1.85. The van der Waals surface area contributed by atoms with Gasteiger partial charge in [-0.25, -0.2) is 4.98 Å². The van der Waals surface area contributed by atoms with E-state index in [9.17, 15) is 0 Å². The summed E-state index contributed by atoms with van der Waals surface area (Å²) in [6.45, 7) is 17.0. The van der Waals surface area contributed by atoms with Crippen LogP contribution in [0, 0.1) is 6.92 Å². The van der Waals surface area contributed by atoms with Crippen LogP contribution in [0.1, 0.15) is 76.6 Å². The van der Waals surface area contributed by atoms with E-state index >= 15 is 0 Å². The first kappa shape index (κ1) is 23.3. The molecule has 32 heavy (non-hydrogen) atoms. The van der Waals surface area contributed by atoms with Crippen LogP contribution in [-0.4, -0.2) is 54.3 Å². The number of hydrogen-bond donors (Lipinski definition) is 1. The first-order valence-electron chi connectivity index (χ1n) is 12.4. The summed E-state index contributed by atoms with van der Waals surface area (Å²) >= 11 is 0. The summed E-state index contributed by atoms with van der Waals surface area (Å²) < 4.78 is 6.37. The van der Waals surface area contributed by atoms with Gasteiger partial charge in [0.05, 0.1) is 0 Å². The van der Waals surface area contributed by atoms with Crippen molar-refractivity contribution in [1.29, 1.82) is 0 Å². The molecule has 2 aliphatic rings. The number of aliphatic hydroxyl groups is 1. The molecule has 0 saturated carbocycles. The number of benzene rings is 1. The van der Waals surface area contributed by atoms with E-state index in [1.165, 1.54) is 24.0 Å². The Bertz CT molecular complexity index is 923. The average molecular weight is 440 g/mol. The minimum Gasteiger partial charge on any atom is -0.420 e. The molecule has 2 aromatic rings. The van der Waals surface area contributed by atoms with Crippen molar-refractivity contribution >= 4 is 5.88 Å². The van der Waals surface area contributed by atoms with Crippen molar-refractivity contribution in [2.45, 2.75) is 77.6 Å². The first-order valence-corrected chi connectivity index (χ1v) is 12.4. The van der Waals surface area contributed by atoms with Gasteiger partial charge >= 0.3 is 0 Å². The largest absolute Gasteiger partial charge is 0.420 e. The van der Waals surface area contributed by atoms with Crippen LogP contribution >= 0.6 is 0 Å². The maximum atomic E-state index is 8.94. The topological polar surface area (TPSA) is 52.7 Å². The SMILES string of the molecule is Cc1nc(-c2ccc3c(c2)C(C)(C)CCC3(C)C)oc1N1CCN(CCCCCO)CC1. The highest BCUT2D eigenvalue weighted by molar-refractivity contribution is 5.61. The highest BCUT2D eigenvalue weighted by atomic mass is 16.4. The van der Waals surface area contributed by atoms with Crippen LogP contribution in [-0.2, 0) is 10.8 Å². The predicted molar refractivity (Wildman–Crippen MR) is 132 cm³/mol. The minimum absolute atomic E-state index is 0.179. The highest BCUT2D eigenvalue weighted by Crippen LogP contribution is 2.46. The number of nitrogens with zero attached hydrogens (tertiary/aromatic N) is 3. The van der Waals surface area contributed by atoms with Gasteiger partial charge in [-0.3, -0.25) is 4.90 Å². The molecule has 5 nitrogen and oxygen atoms in total. The van der Waals surface area contributed by atoms with Gasteiger partial charge in [-0.15, -0.1) is 0 Å². The lowest BCUT2D eigenvalue weighted by atomic mass is 9.63. The Balaban J connectivity index is 1.48. The number of rotatable bonds is 7. The van der Waals surface area contributed by atoms with E-state index < -0.39 is 0 Å². The summed E-state index contributed by atoms with van der Waals surface area (Å²) in [6.07, 6.45) is 5.61. The molecule has 1 aliphatic heterocycles. The maximum absolute atomic E-state index is 8.94. The van der Waals surface area contributed by atoms with Gasteiger partial charge < -0.3 is 14.4 Å². The Labute approximate surface area is 193 Å². The normalized spacial score (nSPS) is 20.4. The second-order valence-corrected chi connectivity index (χ2v) is 11.1. The van der Waals surface area contributed by atoms with E-state index in [-0.39, 0.29) is 10.8 Å². The molecule has 176 valence electrons. The summed E-state index contributed by atoms with van der Waals surface area (Å²) in [5, 5.41) is 8.94. The van der Waals surface area contributed by atoms with E-state index in [1.807, 2.05) is 0 Å². The van der Waals surface area contributed by atoms with Gasteiger partial charge in [0.1, 0.15) is 5.69 Å². The molecule has 1 aromatic heterocycles. The van der Waals surface area contributed by atoms with Crippen molar-refractivity contribution in [2.75, 3.05) is 44.2 Å². The number of piperazine rings is 1. The van der Waals surface area contributed by atoms with Crippen LogP contribution in [0.4, 0.5) is 5.88 Å². The van der Waals surface area contributed by atoms with E-state index in [4.69, 9.17) is 14.5 Å². The summed E-state index contributed by atoms with van der Waals surface area (Å²) in [6, 6.07) is 6.83. The van der Waals surface area contributed by atoms with Gasteiger partial charge in [0.15, 0.2) is 0 Å². The average Bonchev–Trinajstić information content (AvgIpc) is 3.16. The lowest BCUT2D eigenvalue weighted by Crippen LogP contribution is -2.46. The Morgan fingerprint density at radius 1 is 0.938 bits per heavy atom. The van der Waals surface area contributed by atoms with Crippen molar-refractivity contribution < 1.29 is 9.52 Å². The zero-order valence-corrected chi connectivity index (χ0v) is 20.7. The maximum Gasteiger partial charge on any atom is 0.228 e. The van der Waals surface area contributed by atoms with E-state index in [0.29, 0.717) is 6.61 Å². The smallest absolute Gasteiger partial charge is 0.228 e. The summed E-state index contributed by atoms with van der Waals surface area (Å²) in [4.78, 5) is 9.70. The Morgan fingerprint density at radius 3 is 2.31 bits per heavy atom. The Morgan fingerprint density at radius 2 is 1.62 bits per heavy atom. The molecule has 1 saturated heterocycles. The number of hydrogen-bond acceptors (Lipinski definition) is 5. The van der Waals surface area contributed by atoms with Crippen molar-refractivity contribution in [1.82, 2.24) is 9.88 Å². The summed E-state index contributed by atoms with van der Waals surface area (Å²) in [7, 11) is 0. The van der Waals surface area contributed by atoms with Crippen LogP contribution in [0.25, 0.3) is 11.5 Å². The van der Waals surface area contributed by atoms with Crippen LogP contribution < -0.4 is 4.90 Å². The third-order valence-corrected chi connectivity index (χ3v) is 7.66. The molecule has 0 unspecified atom stereocenters. The molecule has 1 aromatic carbocycles. The van der Waals surface area contributed by atoms with Gasteiger partial charge in [-0.05, 0) is 79.7 Å². The molecule has 2 heterocycles. The fraction of sp³-hybridized carbons (Fsp3) is 0.667. The predicted octanol–water partition coefficient (Wildman–Crippen LogP) is 5.28. The van der Waals surface area contributed by atoms with E-state index in [2.05, 4.69) is 62.6 Å². The Kier molecular flexibility index (Phi) is 6.69. The number of unbranched alkanes of at least 4 members (excludes halogenated alkanes) is 2. The van der Waals surface area contributed by atoms with Crippen LogP contribution in [0.5, 0.6) is 0 Å². The lowest BCUT2D eigenvalue weighted by molar-refractivity contribution is 0.239. The first-order chi connectivity index (χ1) is 15.2. The van der Waals surface area contributed by atoms with Gasteiger partial charge in [0.25, 0.3) is 0 Å². The molecule has 0 spiro atoms. The third kappa shape index (κ3) is 4.74. The fourth-order valence-electron chi connectivity index (χ4n) is 5.33. The zero-order valence-electron chi connectivity index (χ0n) is 20.7. The van der Waals surface area contributed by atoms with Gasteiger partial charge in [0, 0.05) is 38.3 Å². The quantitative estimate of drug-likeness (QED) is 0.595. The van der Waals surface area contributed by atoms with Gasteiger partial charge in [-0.2, -0.15) is 0 Å². The van der Waals surface area contributed by atoms with Crippen LogP contribution in [0.2, 0.25) is 0 Å². The minimum atomic E-state index is 0.179. The molecule has 4 rings (SSSR count).